The molecule has 0 radical (unpaired) electrons. The molecule has 0 aliphatic rings. The van der Waals surface area contributed by atoms with Gasteiger partial charge >= 0.3 is 0 Å². The minimum Gasteiger partial charge on any atom is -0.352 e. The summed E-state index contributed by atoms with van der Waals surface area (Å²) in [6.07, 6.45) is 4.04. The number of carbonyl (C=O) groups is 2. The van der Waals surface area contributed by atoms with Crippen LogP contribution in [-0.2, 0) is 6.42 Å². The van der Waals surface area contributed by atoms with Gasteiger partial charge in [-0.05, 0) is 30.5 Å². The van der Waals surface area contributed by atoms with Crippen molar-refractivity contribution >= 4 is 11.8 Å². The van der Waals surface area contributed by atoms with Crippen LogP contribution in [0.3, 0.4) is 0 Å². The van der Waals surface area contributed by atoms with Gasteiger partial charge in [0.25, 0.3) is 11.8 Å². The van der Waals surface area contributed by atoms with Crippen molar-refractivity contribution in [2.24, 2.45) is 0 Å². The summed E-state index contributed by atoms with van der Waals surface area (Å²) in [4.78, 5) is 28.0. The summed E-state index contributed by atoms with van der Waals surface area (Å²) in [6, 6.07) is 7.94. The van der Waals surface area contributed by atoms with E-state index in [9.17, 15) is 14.0 Å². The maximum absolute atomic E-state index is 13.5. The molecule has 126 valence electrons. The van der Waals surface area contributed by atoms with Crippen LogP contribution in [0.15, 0.2) is 42.7 Å². The largest absolute Gasteiger partial charge is 0.352 e. The van der Waals surface area contributed by atoms with Crippen molar-refractivity contribution in [2.75, 3.05) is 13.1 Å². The normalized spacial score (nSPS) is 10.2. The van der Waals surface area contributed by atoms with Crippen molar-refractivity contribution in [3.63, 3.8) is 0 Å². The highest BCUT2D eigenvalue weighted by molar-refractivity contribution is 5.99. The first-order valence-electron chi connectivity index (χ1n) is 7.86. The Morgan fingerprint density at radius 2 is 1.67 bits per heavy atom. The van der Waals surface area contributed by atoms with Gasteiger partial charge in [-0.1, -0.05) is 25.1 Å². The SMILES string of the molecule is CCCNC(=O)c1cncc(C(=O)NCCc2ccccc2F)c1. The van der Waals surface area contributed by atoms with Crippen LogP contribution >= 0.6 is 0 Å². The van der Waals surface area contributed by atoms with E-state index in [4.69, 9.17) is 0 Å². The van der Waals surface area contributed by atoms with Crippen LogP contribution in [0.2, 0.25) is 0 Å². The second-order valence-electron chi connectivity index (χ2n) is 5.32. The van der Waals surface area contributed by atoms with E-state index >= 15 is 0 Å². The Morgan fingerprint density at radius 3 is 2.29 bits per heavy atom. The van der Waals surface area contributed by atoms with E-state index in [1.807, 2.05) is 6.92 Å². The van der Waals surface area contributed by atoms with Crippen LogP contribution in [0.4, 0.5) is 4.39 Å². The van der Waals surface area contributed by atoms with Crippen molar-refractivity contribution in [1.29, 1.82) is 0 Å². The van der Waals surface area contributed by atoms with E-state index in [2.05, 4.69) is 15.6 Å². The number of aromatic nitrogens is 1. The molecule has 1 aromatic heterocycles. The molecule has 6 heteroatoms. The molecule has 0 spiro atoms. The quantitative estimate of drug-likeness (QED) is 0.819. The van der Waals surface area contributed by atoms with Crippen LogP contribution in [-0.4, -0.2) is 29.9 Å². The van der Waals surface area contributed by atoms with Gasteiger partial charge in [-0.25, -0.2) is 4.39 Å². The first-order valence-corrected chi connectivity index (χ1v) is 7.86. The Bertz CT molecular complexity index is 719. The lowest BCUT2D eigenvalue weighted by molar-refractivity contribution is 0.0953. The molecule has 1 aromatic carbocycles. The molecule has 5 nitrogen and oxygen atoms in total. The predicted octanol–water partition coefficient (Wildman–Crippen LogP) is 2.33. The molecule has 2 amide bonds. The van der Waals surface area contributed by atoms with E-state index in [0.717, 1.165) is 6.42 Å². The van der Waals surface area contributed by atoms with Gasteiger partial charge in [0, 0.05) is 25.5 Å². The van der Waals surface area contributed by atoms with Gasteiger partial charge in [0.2, 0.25) is 0 Å². The molecule has 0 saturated heterocycles. The Labute approximate surface area is 140 Å². The minimum absolute atomic E-state index is 0.259. The third kappa shape index (κ3) is 4.87. The summed E-state index contributed by atoms with van der Waals surface area (Å²) in [7, 11) is 0. The highest BCUT2D eigenvalue weighted by Crippen LogP contribution is 2.07. The zero-order valence-corrected chi connectivity index (χ0v) is 13.5. The fraction of sp³-hybridized carbons (Fsp3) is 0.278. The molecule has 0 fully saturated rings. The smallest absolute Gasteiger partial charge is 0.252 e. The number of nitrogens with zero attached hydrogens (tertiary/aromatic N) is 1. The standard InChI is InChI=1S/C18H20FN3O2/c1-2-8-21-17(23)14-10-15(12-20-11-14)18(24)22-9-7-13-5-3-4-6-16(13)19/h3-6,10-12H,2,7-9H2,1H3,(H,21,23)(H,22,24). The summed E-state index contributed by atoms with van der Waals surface area (Å²) < 4.78 is 13.5. The molecule has 2 aromatic rings. The Balaban J connectivity index is 1.92. The van der Waals surface area contributed by atoms with Gasteiger partial charge in [-0.15, -0.1) is 0 Å². The lowest BCUT2D eigenvalue weighted by Gasteiger charge is -2.07. The van der Waals surface area contributed by atoms with Gasteiger partial charge in [-0.3, -0.25) is 14.6 Å². The van der Waals surface area contributed by atoms with E-state index in [1.54, 1.807) is 18.2 Å². The number of hydrogen-bond donors (Lipinski definition) is 2. The fourth-order valence-corrected chi connectivity index (χ4v) is 2.14. The zero-order chi connectivity index (χ0) is 17.4. The molecule has 0 unspecified atom stereocenters. The average Bonchev–Trinajstić information content (AvgIpc) is 2.61. The second-order valence-corrected chi connectivity index (χ2v) is 5.32. The van der Waals surface area contributed by atoms with E-state index in [1.165, 1.54) is 24.5 Å². The van der Waals surface area contributed by atoms with E-state index < -0.39 is 0 Å². The molecule has 0 bridgehead atoms. The van der Waals surface area contributed by atoms with Crippen LogP contribution in [0.5, 0.6) is 0 Å². The van der Waals surface area contributed by atoms with Crippen molar-refractivity contribution < 1.29 is 14.0 Å². The Kier molecular flexibility index (Phi) is 6.42. The monoisotopic (exact) mass is 329 g/mol. The van der Waals surface area contributed by atoms with E-state index in [0.29, 0.717) is 36.2 Å². The molecule has 0 aliphatic carbocycles. The highest BCUT2D eigenvalue weighted by atomic mass is 19.1. The third-order valence-electron chi connectivity index (χ3n) is 3.44. The summed E-state index contributed by atoms with van der Waals surface area (Å²) in [5, 5.41) is 5.44. The highest BCUT2D eigenvalue weighted by Gasteiger charge is 2.11. The minimum atomic E-state index is -0.344. The first-order chi connectivity index (χ1) is 11.6. The number of carbonyl (C=O) groups excluding carboxylic acids is 2. The second kappa shape index (κ2) is 8.76. The number of benzene rings is 1. The van der Waals surface area contributed by atoms with Crippen LogP contribution in [0, 0.1) is 5.82 Å². The van der Waals surface area contributed by atoms with Crippen molar-refractivity contribution in [3.8, 4) is 0 Å². The summed E-state index contributed by atoms with van der Waals surface area (Å²) in [6.45, 7) is 2.82. The van der Waals surface area contributed by atoms with Crippen molar-refractivity contribution in [3.05, 3.63) is 65.2 Å². The van der Waals surface area contributed by atoms with Crippen LogP contribution < -0.4 is 10.6 Å². The van der Waals surface area contributed by atoms with Gasteiger partial charge in [0.15, 0.2) is 0 Å². The van der Waals surface area contributed by atoms with Gasteiger partial charge < -0.3 is 10.6 Å². The number of pyridine rings is 1. The number of rotatable bonds is 7. The molecular formula is C18H20FN3O2. The Morgan fingerprint density at radius 1 is 1.04 bits per heavy atom. The topological polar surface area (TPSA) is 71.1 Å². The average molecular weight is 329 g/mol. The number of halogens is 1. The summed E-state index contributed by atoms with van der Waals surface area (Å²) >= 11 is 0. The van der Waals surface area contributed by atoms with Gasteiger partial charge in [0.05, 0.1) is 11.1 Å². The van der Waals surface area contributed by atoms with Gasteiger partial charge in [-0.2, -0.15) is 0 Å². The lowest BCUT2D eigenvalue weighted by Crippen LogP contribution is -2.27. The molecule has 0 saturated carbocycles. The first kappa shape index (κ1) is 17.6. The van der Waals surface area contributed by atoms with E-state index in [-0.39, 0.29) is 17.6 Å². The fourth-order valence-electron chi connectivity index (χ4n) is 2.14. The lowest BCUT2D eigenvalue weighted by atomic mass is 10.1. The summed E-state index contributed by atoms with van der Waals surface area (Å²) in [5.41, 5.74) is 1.18. The summed E-state index contributed by atoms with van der Waals surface area (Å²) in [5.74, 6) is -0.891. The predicted molar refractivity (Wildman–Crippen MR) is 89.3 cm³/mol. The molecule has 0 atom stereocenters. The molecule has 2 N–H and O–H groups in total. The van der Waals surface area contributed by atoms with Crippen molar-refractivity contribution in [2.45, 2.75) is 19.8 Å². The molecule has 0 aliphatic heterocycles. The maximum atomic E-state index is 13.5. The maximum Gasteiger partial charge on any atom is 0.252 e. The van der Waals surface area contributed by atoms with Crippen LogP contribution in [0.25, 0.3) is 0 Å². The number of hydrogen-bond acceptors (Lipinski definition) is 3. The molecular weight excluding hydrogens is 309 g/mol. The zero-order valence-electron chi connectivity index (χ0n) is 13.5. The van der Waals surface area contributed by atoms with Crippen molar-refractivity contribution in [1.82, 2.24) is 15.6 Å². The van der Waals surface area contributed by atoms with Gasteiger partial charge in [0.1, 0.15) is 5.82 Å². The van der Waals surface area contributed by atoms with Crippen LogP contribution in [0.1, 0.15) is 39.6 Å². The molecule has 24 heavy (non-hydrogen) atoms. The number of amides is 2. The number of nitrogens with one attached hydrogen (secondary N) is 2. The Hall–Kier alpha value is -2.76. The third-order valence-corrected chi connectivity index (χ3v) is 3.44. The molecule has 1 heterocycles. The molecule has 2 rings (SSSR count).